The predicted octanol–water partition coefficient (Wildman–Crippen LogP) is 6.77. The van der Waals surface area contributed by atoms with Crippen LogP contribution in [0.4, 0.5) is 5.69 Å². The number of hydrogen-bond donors (Lipinski definition) is 0. The highest BCUT2D eigenvalue weighted by atomic mass is 32.1. The van der Waals surface area contributed by atoms with Crippen molar-refractivity contribution in [3.05, 3.63) is 94.7 Å². The maximum Gasteiger partial charge on any atom is 0.0764 e. The Kier molecular flexibility index (Phi) is 3.88. The minimum absolute atomic E-state index is 0.854. The smallest absolute Gasteiger partial charge is 0.0764 e. The van der Waals surface area contributed by atoms with Crippen LogP contribution in [0.25, 0.3) is 27.5 Å². The normalized spacial score (nSPS) is 11.3. The third-order valence-electron chi connectivity index (χ3n) is 5.04. The maximum absolute atomic E-state index is 4.18. The van der Waals surface area contributed by atoms with E-state index in [2.05, 4.69) is 94.5 Å². The number of thiophene rings is 1. The zero-order valence-electron chi connectivity index (χ0n) is 14.8. The van der Waals surface area contributed by atoms with Gasteiger partial charge < -0.3 is 4.57 Å². The first-order valence-corrected chi connectivity index (χ1v) is 9.84. The van der Waals surface area contributed by atoms with Crippen LogP contribution in [0, 0.1) is 0 Å². The van der Waals surface area contributed by atoms with Crippen LogP contribution in [0.15, 0.2) is 89.2 Å². The first-order chi connectivity index (χ1) is 13.4. The third-order valence-corrected chi connectivity index (χ3v) is 5.95. The minimum Gasteiger partial charge on any atom is -0.309 e. The van der Waals surface area contributed by atoms with Gasteiger partial charge in [-0.15, -0.1) is 11.3 Å². The molecule has 0 aliphatic carbocycles. The molecule has 2 aromatic heterocycles. The molecule has 0 bridgehead atoms. The number of hydrogen-bond acceptors (Lipinski definition) is 2. The van der Waals surface area contributed by atoms with E-state index in [-0.39, 0.29) is 0 Å². The average molecular weight is 366 g/mol. The Bertz CT molecular complexity index is 1260. The number of aliphatic imine (C=N–C) groups is 1. The molecule has 0 fully saturated rings. The molecule has 0 saturated heterocycles. The summed E-state index contributed by atoms with van der Waals surface area (Å²) in [7, 11) is 0. The van der Waals surface area contributed by atoms with Crippen LogP contribution in [0.1, 0.15) is 10.4 Å². The van der Waals surface area contributed by atoms with Gasteiger partial charge >= 0.3 is 0 Å². The topological polar surface area (TPSA) is 17.3 Å². The van der Waals surface area contributed by atoms with Gasteiger partial charge in [-0.05, 0) is 41.9 Å². The first kappa shape index (κ1) is 16.0. The number of benzene rings is 3. The van der Waals surface area contributed by atoms with Crippen LogP contribution in [0.2, 0.25) is 0 Å². The van der Waals surface area contributed by atoms with Gasteiger partial charge in [-0.2, -0.15) is 0 Å². The summed E-state index contributed by atoms with van der Waals surface area (Å²) >= 11 is 1.74. The molecule has 3 aromatic carbocycles. The van der Waals surface area contributed by atoms with Gasteiger partial charge in [0.25, 0.3) is 0 Å². The molecule has 0 aliphatic heterocycles. The molecule has 3 heteroatoms. The van der Waals surface area contributed by atoms with E-state index in [9.17, 15) is 0 Å². The van der Waals surface area contributed by atoms with Crippen LogP contribution < -0.4 is 0 Å². The monoisotopic (exact) mass is 366 g/mol. The summed E-state index contributed by atoms with van der Waals surface area (Å²) < 4.78 is 2.38. The van der Waals surface area contributed by atoms with Gasteiger partial charge in [0.2, 0.25) is 0 Å². The Morgan fingerprint density at radius 1 is 0.815 bits per heavy atom. The van der Waals surface area contributed by atoms with Gasteiger partial charge in [-0.25, -0.2) is 0 Å². The Morgan fingerprint density at radius 2 is 1.59 bits per heavy atom. The first-order valence-electron chi connectivity index (χ1n) is 8.96. The molecule has 27 heavy (non-hydrogen) atoms. The average Bonchev–Trinajstić information content (AvgIpc) is 3.31. The number of para-hydroxylation sites is 3. The second-order valence-corrected chi connectivity index (χ2v) is 7.57. The van der Waals surface area contributed by atoms with Gasteiger partial charge in [-0.1, -0.05) is 54.6 Å². The molecule has 130 valence electrons. The number of rotatable bonds is 4. The lowest BCUT2D eigenvalue weighted by atomic mass is 10.1. The highest BCUT2D eigenvalue weighted by molar-refractivity contribution is 7.10. The van der Waals surface area contributed by atoms with Crippen molar-refractivity contribution < 1.29 is 0 Å². The van der Waals surface area contributed by atoms with E-state index in [0.717, 1.165) is 12.1 Å². The summed E-state index contributed by atoms with van der Waals surface area (Å²) in [6.07, 6.45) is 0.854. The van der Waals surface area contributed by atoms with Gasteiger partial charge in [0.15, 0.2) is 0 Å². The quantitative estimate of drug-likeness (QED) is 0.312. The van der Waals surface area contributed by atoms with Gasteiger partial charge in [-0.3, -0.25) is 4.99 Å². The summed E-state index contributed by atoms with van der Waals surface area (Å²) in [4.78, 5) is 5.44. The van der Waals surface area contributed by atoms with Gasteiger partial charge in [0, 0.05) is 27.8 Å². The van der Waals surface area contributed by atoms with Crippen molar-refractivity contribution >= 4 is 45.5 Å². The van der Waals surface area contributed by atoms with Crippen molar-refractivity contribution in [2.24, 2.45) is 4.99 Å². The molecule has 5 aromatic rings. The fourth-order valence-electron chi connectivity index (χ4n) is 3.86. The van der Waals surface area contributed by atoms with Crippen molar-refractivity contribution in [1.29, 1.82) is 0 Å². The molecule has 0 saturated carbocycles. The van der Waals surface area contributed by atoms with E-state index in [1.54, 1.807) is 11.3 Å². The maximum atomic E-state index is 4.18. The summed E-state index contributed by atoms with van der Waals surface area (Å²) in [5, 5.41) is 4.66. The fourth-order valence-corrected chi connectivity index (χ4v) is 4.71. The highest BCUT2D eigenvalue weighted by Crippen LogP contribution is 2.36. The van der Waals surface area contributed by atoms with E-state index < -0.39 is 0 Å². The van der Waals surface area contributed by atoms with E-state index in [1.807, 2.05) is 6.07 Å². The lowest BCUT2D eigenvalue weighted by Gasteiger charge is -2.11. The van der Waals surface area contributed by atoms with Crippen LogP contribution in [0.3, 0.4) is 0 Å². The summed E-state index contributed by atoms with van der Waals surface area (Å²) in [6.45, 7) is 3.72. The number of fused-ring (bicyclic) bond motifs is 3. The highest BCUT2D eigenvalue weighted by Gasteiger charge is 2.16. The van der Waals surface area contributed by atoms with Gasteiger partial charge in [0.05, 0.1) is 16.7 Å². The predicted molar refractivity (Wildman–Crippen MR) is 117 cm³/mol. The van der Waals surface area contributed by atoms with E-state index >= 15 is 0 Å². The largest absolute Gasteiger partial charge is 0.309 e. The van der Waals surface area contributed by atoms with E-state index in [1.165, 1.54) is 37.9 Å². The molecular formula is C24H18N2S. The molecular weight excluding hydrogens is 348 g/mol. The van der Waals surface area contributed by atoms with Crippen molar-refractivity contribution in [3.8, 4) is 5.69 Å². The molecule has 0 amide bonds. The number of nitrogens with zero attached hydrogens (tertiary/aromatic N) is 2. The fraction of sp³-hybridized carbons (Fsp3) is 0.0417. The van der Waals surface area contributed by atoms with Crippen LogP contribution >= 0.6 is 11.3 Å². The van der Waals surface area contributed by atoms with Crippen molar-refractivity contribution in [2.45, 2.75) is 6.42 Å². The zero-order chi connectivity index (χ0) is 18.2. The lowest BCUT2D eigenvalue weighted by molar-refractivity contribution is 1.14. The summed E-state index contributed by atoms with van der Waals surface area (Å²) in [5.74, 6) is 0. The Balaban J connectivity index is 1.84. The second kappa shape index (κ2) is 6.53. The SMILES string of the molecule is C=Nc1ccsc1Cc1cccc2c3ccccc3n(-c3ccccc3)c12. The summed E-state index contributed by atoms with van der Waals surface area (Å²) in [5.41, 5.74) is 5.98. The molecule has 0 spiro atoms. The van der Waals surface area contributed by atoms with Crippen molar-refractivity contribution in [3.63, 3.8) is 0 Å². The molecule has 0 atom stereocenters. The third kappa shape index (κ3) is 2.59. The van der Waals surface area contributed by atoms with Crippen LogP contribution in [-0.4, -0.2) is 11.3 Å². The molecule has 5 rings (SSSR count). The molecule has 0 aliphatic rings. The minimum atomic E-state index is 0.854. The standard InChI is InChI=1S/C24H18N2S/c1-25-21-14-15-27-23(21)16-17-8-7-12-20-19-11-5-6-13-22(19)26(24(17)20)18-9-3-2-4-10-18/h2-15H,1,16H2. The van der Waals surface area contributed by atoms with Crippen molar-refractivity contribution in [2.75, 3.05) is 0 Å². The van der Waals surface area contributed by atoms with E-state index in [4.69, 9.17) is 0 Å². The Hall–Kier alpha value is -3.17. The Labute approximate surface area is 162 Å². The van der Waals surface area contributed by atoms with Crippen LogP contribution in [-0.2, 0) is 6.42 Å². The van der Waals surface area contributed by atoms with Crippen LogP contribution in [0.5, 0.6) is 0 Å². The Morgan fingerprint density at radius 3 is 2.44 bits per heavy atom. The molecule has 0 N–H and O–H groups in total. The molecule has 0 unspecified atom stereocenters. The molecule has 2 heterocycles. The van der Waals surface area contributed by atoms with Crippen molar-refractivity contribution in [1.82, 2.24) is 4.57 Å². The van der Waals surface area contributed by atoms with Gasteiger partial charge in [0.1, 0.15) is 0 Å². The zero-order valence-corrected chi connectivity index (χ0v) is 15.6. The molecule has 0 radical (unpaired) electrons. The molecule has 2 nitrogen and oxygen atoms in total. The lowest BCUT2D eigenvalue weighted by Crippen LogP contribution is -1.97. The number of aromatic nitrogens is 1. The van der Waals surface area contributed by atoms with E-state index in [0.29, 0.717) is 0 Å². The summed E-state index contributed by atoms with van der Waals surface area (Å²) in [6, 6.07) is 27.9. The second-order valence-electron chi connectivity index (χ2n) is 6.57.